The Bertz CT molecular complexity index is 1200. The third kappa shape index (κ3) is 3.96. The second-order valence-corrected chi connectivity index (χ2v) is 9.24. The van der Waals surface area contributed by atoms with E-state index in [2.05, 4.69) is 5.32 Å². The molecule has 3 aromatic rings. The summed E-state index contributed by atoms with van der Waals surface area (Å²) < 4.78 is 33.6. The quantitative estimate of drug-likeness (QED) is 0.614. The Hall–Kier alpha value is -2.74. The van der Waals surface area contributed by atoms with E-state index in [0.29, 0.717) is 27.2 Å². The maximum absolute atomic E-state index is 13.3. The topological polar surface area (TPSA) is 75.7 Å². The highest BCUT2D eigenvalue weighted by atomic mass is 35.5. The van der Waals surface area contributed by atoms with E-state index >= 15 is 0 Å². The van der Waals surface area contributed by atoms with Gasteiger partial charge in [0.2, 0.25) is 0 Å². The van der Waals surface area contributed by atoms with Gasteiger partial charge in [0.15, 0.2) is 6.10 Å². The van der Waals surface area contributed by atoms with E-state index in [0.717, 1.165) is 0 Å². The number of anilines is 2. The molecule has 3 aromatic carbocycles. The van der Waals surface area contributed by atoms with Gasteiger partial charge in [0.1, 0.15) is 5.75 Å². The van der Waals surface area contributed by atoms with Crippen molar-refractivity contribution in [2.24, 2.45) is 0 Å². The van der Waals surface area contributed by atoms with E-state index in [-0.39, 0.29) is 11.4 Å². The molecule has 1 atom stereocenters. The maximum Gasteiger partial charge on any atom is 0.267 e. The zero-order valence-corrected chi connectivity index (χ0v) is 17.8. The van der Waals surface area contributed by atoms with Crippen LogP contribution in [-0.4, -0.2) is 27.0 Å². The van der Waals surface area contributed by atoms with Crippen molar-refractivity contribution in [1.29, 1.82) is 0 Å². The van der Waals surface area contributed by atoms with Crippen molar-refractivity contribution < 1.29 is 17.9 Å². The minimum absolute atomic E-state index is 0.0638. The van der Waals surface area contributed by atoms with Crippen LogP contribution in [0.25, 0.3) is 0 Å². The zero-order chi connectivity index (χ0) is 21.3. The SMILES string of the molecule is O=C(Nc1ccccc1Cl)C1CN(S(=O)(=O)c2ccc(Cl)cc2)c2ccccc2O1. The van der Waals surface area contributed by atoms with Crippen LogP contribution in [0.4, 0.5) is 11.4 Å². The summed E-state index contributed by atoms with van der Waals surface area (Å²) in [7, 11) is -3.95. The summed E-state index contributed by atoms with van der Waals surface area (Å²) in [6.07, 6.45) is -1.07. The van der Waals surface area contributed by atoms with Gasteiger partial charge in [0.05, 0.1) is 27.8 Å². The molecular formula is C21H16Cl2N2O4S. The van der Waals surface area contributed by atoms with Gasteiger partial charge < -0.3 is 10.1 Å². The number of benzene rings is 3. The van der Waals surface area contributed by atoms with E-state index < -0.39 is 22.0 Å². The molecule has 1 heterocycles. The van der Waals surface area contributed by atoms with Gasteiger partial charge >= 0.3 is 0 Å². The van der Waals surface area contributed by atoms with Crippen molar-refractivity contribution in [2.45, 2.75) is 11.0 Å². The lowest BCUT2D eigenvalue weighted by Gasteiger charge is -2.34. The molecule has 9 heteroatoms. The summed E-state index contributed by atoms with van der Waals surface area (Å²) >= 11 is 12.0. The van der Waals surface area contributed by atoms with E-state index in [1.165, 1.54) is 28.6 Å². The minimum Gasteiger partial charge on any atom is -0.476 e. The molecule has 4 rings (SSSR count). The molecule has 1 unspecified atom stereocenters. The predicted molar refractivity (Wildman–Crippen MR) is 117 cm³/mol. The molecular weight excluding hydrogens is 447 g/mol. The highest BCUT2D eigenvalue weighted by Crippen LogP contribution is 2.37. The largest absolute Gasteiger partial charge is 0.476 e. The molecule has 1 aliphatic heterocycles. The summed E-state index contributed by atoms with van der Waals surface area (Å²) in [5, 5.41) is 3.49. The van der Waals surface area contributed by atoms with Crippen molar-refractivity contribution in [3.05, 3.63) is 82.8 Å². The van der Waals surface area contributed by atoms with Crippen LogP contribution in [0.15, 0.2) is 77.7 Å². The van der Waals surface area contributed by atoms with E-state index in [9.17, 15) is 13.2 Å². The molecule has 0 radical (unpaired) electrons. The van der Waals surface area contributed by atoms with Gasteiger partial charge in [-0.05, 0) is 48.5 Å². The van der Waals surface area contributed by atoms with Gasteiger partial charge in [-0.1, -0.05) is 47.5 Å². The molecule has 0 spiro atoms. The molecule has 0 saturated heterocycles. The Morgan fingerprint density at radius 2 is 1.63 bits per heavy atom. The number of amides is 1. The number of carbonyl (C=O) groups is 1. The maximum atomic E-state index is 13.3. The number of nitrogens with zero attached hydrogens (tertiary/aromatic N) is 1. The fourth-order valence-electron chi connectivity index (χ4n) is 3.08. The summed E-state index contributed by atoms with van der Waals surface area (Å²) in [5.74, 6) is -0.213. The fourth-order valence-corrected chi connectivity index (χ4v) is 4.86. The van der Waals surface area contributed by atoms with Crippen molar-refractivity contribution in [2.75, 3.05) is 16.2 Å². The normalized spacial score (nSPS) is 15.8. The highest BCUT2D eigenvalue weighted by molar-refractivity contribution is 7.92. The van der Waals surface area contributed by atoms with Crippen LogP contribution in [0.1, 0.15) is 0 Å². The first kappa shape index (κ1) is 20.5. The Balaban J connectivity index is 1.68. The molecule has 154 valence electrons. The first-order chi connectivity index (χ1) is 14.4. The van der Waals surface area contributed by atoms with Gasteiger partial charge in [-0.3, -0.25) is 9.10 Å². The van der Waals surface area contributed by atoms with Gasteiger partial charge in [0.25, 0.3) is 15.9 Å². The van der Waals surface area contributed by atoms with Crippen molar-refractivity contribution in [1.82, 2.24) is 0 Å². The monoisotopic (exact) mass is 462 g/mol. The molecule has 1 N–H and O–H groups in total. The summed E-state index contributed by atoms with van der Waals surface area (Å²) in [4.78, 5) is 12.9. The molecule has 0 aromatic heterocycles. The average molecular weight is 463 g/mol. The third-order valence-corrected chi connectivity index (χ3v) is 6.94. The van der Waals surface area contributed by atoms with Crippen LogP contribution >= 0.6 is 23.2 Å². The van der Waals surface area contributed by atoms with Crippen LogP contribution in [0.3, 0.4) is 0 Å². The summed E-state index contributed by atoms with van der Waals surface area (Å²) in [6.45, 7) is -0.196. The fraction of sp³-hybridized carbons (Fsp3) is 0.0952. The second kappa shape index (κ2) is 8.18. The van der Waals surface area contributed by atoms with E-state index in [1.807, 2.05) is 0 Å². The lowest BCUT2D eigenvalue weighted by atomic mass is 10.2. The van der Waals surface area contributed by atoms with Gasteiger partial charge in [-0.25, -0.2) is 8.42 Å². The second-order valence-electron chi connectivity index (χ2n) is 6.53. The van der Waals surface area contributed by atoms with Gasteiger partial charge in [-0.15, -0.1) is 0 Å². The third-order valence-electron chi connectivity index (χ3n) is 4.56. The number of halogens is 2. The smallest absolute Gasteiger partial charge is 0.267 e. The Labute approximate surface area is 184 Å². The molecule has 0 saturated carbocycles. The van der Waals surface area contributed by atoms with Crippen LogP contribution in [0.5, 0.6) is 5.75 Å². The number of rotatable bonds is 4. The first-order valence-corrected chi connectivity index (χ1v) is 11.2. The summed E-state index contributed by atoms with van der Waals surface area (Å²) in [6, 6.07) is 19.3. The number of para-hydroxylation sites is 3. The van der Waals surface area contributed by atoms with Crippen LogP contribution < -0.4 is 14.4 Å². The Morgan fingerprint density at radius 1 is 0.967 bits per heavy atom. The lowest BCUT2D eigenvalue weighted by molar-refractivity contribution is -0.122. The number of ether oxygens (including phenoxy) is 1. The number of carbonyl (C=O) groups excluding carboxylic acids is 1. The predicted octanol–water partition coefficient (Wildman–Crippen LogP) is 4.59. The molecule has 0 bridgehead atoms. The standard InChI is InChI=1S/C21H16Cl2N2O4S/c22-14-9-11-15(12-10-14)30(27,28)25-13-20(29-19-8-4-3-7-18(19)25)21(26)24-17-6-2-1-5-16(17)23/h1-12,20H,13H2,(H,24,26). The van der Waals surface area contributed by atoms with Crippen molar-refractivity contribution in [3.8, 4) is 5.75 Å². The van der Waals surface area contributed by atoms with Crippen molar-refractivity contribution >= 4 is 50.5 Å². The Kier molecular flexibility index (Phi) is 5.60. The summed E-state index contributed by atoms with van der Waals surface area (Å²) in [5.41, 5.74) is 0.771. The van der Waals surface area contributed by atoms with Gasteiger partial charge in [0, 0.05) is 5.02 Å². The lowest BCUT2D eigenvalue weighted by Crippen LogP contribution is -2.48. The number of nitrogens with one attached hydrogen (secondary N) is 1. The molecule has 0 aliphatic carbocycles. The number of sulfonamides is 1. The minimum atomic E-state index is -3.95. The van der Waals surface area contributed by atoms with E-state index in [4.69, 9.17) is 27.9 Å². The molecule has 1 amide bonds. The van der Waals surface area contributed by atoms with Crippen LogP contribution in [-0.2, 0) is 14.8 Å². The Morgan fingerprint density at radius 3 is 2.37 bits per heavy atom. The number of hydrogen-bond donors (Lipinski definition) is 1. The van der Waals surface area contributed by atoms with E-state index in [1.54, 1.807) is 48.5 Å². The van der Waals surface area contributed by atoms with Crippen LogP contribution in [0.2, 0.25) is 10.0 Å². The average Bonchev–Trinajstić information content (AvgIpc) is 2.74. The molecule has 1 aliphatic rings. The van der Waals surface area contributed by atoms with Crippen molar-refractivity contribution in [3.63, 3.8) is 0 Å². The molecule has 30 heavy (non-hydrogen) atoms. The van der Waals surface area contributed by atoms with Crippen LogP contribution in [0, 0.1) is 0 Å². The molecule has 0 fully saturated rings. The highest BCUT2D eigenvalue weighted by Gasteiger charge is 2.37. The number of fused-ring (bicyclic) bond motifs is 1. The zero-order valence-electron chi connectivity index (χ0n) is 15.5. The number of hydrogen-bond acceptors (Lipinski definition) is 4. The first-order valence-electron chi connectivity index (χ1n) is 8.95. The molecule has 6 nitrogen and oxygen atoms in total. The van der Waals surface area contributed by atoms with Gasteiger partial charge in [-0.2, -0.15) is 0 Å².